The number of piperidine rings is 2. The van der Waals surface area contributed by atoms with Crippen molar-refractivity contribution in [1.29, 1.82) is 0 Å². The summed E-state index contributed by atoms with van der Waals surface area (Å²) in [6.45, 7) is 5.98. The van der Waals surface area contributed by atoms with Crippen LogP contribution in [0.25, 0.3) is 0 Å². The molecule has 2 saturated carbocycles. The van der Waals surface area contributed by atoms with Crippen molar-refractivity contribution in [2.75, 3.05) is 31.1 Å². The van der Waals surface area contributed by atoms with Gasteiger partial charge in [-0.1, -0.05) is 44.7 Å². The highest BCUT2D eigenvalue weighted by Gasteiger charge is 2.37. The van der Waals surface area contributed by atoms with Crippen LogP contribution in [0.4, 0.5) is 5.69 Å². The molecule has 0 bridgehead atoms. The van der Waals surface area contributed by atoms with E-state index in [1.165, 1.54) is 70.0 Å². The van der Waals surface area contributed by atoms with E-state index >= 15 is 0 Å². The summed E-state index contributed by atoms with van der Waals surface area (Å²) >= 11 is 0. The van der Waals surface area contributed by atoms with Crippen molar-refractivity contribution in [3.05, 3.63) is 23.8 Å². The lowest BCUT2D eigenvalue weighted by Gasteiger charge is -2.46. The average molecular weight is 454 g/mol. The molecule has 33 heavy (non-hydrogen) atoms. The quantitative estimate of drug-likeness (QED) is 0.694. The fourth-order valence-corrected chi connectivity index (χ4v) is 5.90. The number of hydrogen-bond donors (Lipinski definition) is 1. The van der Waals surface area contributed by atoms with E-state index in [9.17, 15) is 9.59 Å². The summed E-state index contributed by atoms with van der Waals surface area (Å²) in [5.74, 6) is 1.97. The number of nitrogens with one attached hydrogen (secondary N) is 1. The first-order valence-electron chi connectivity index (χ1n) is 13.2. The topological polar surface area (TPSA) is 61.9 Å². The summed E-state index contributed by atoms with van der Waals surface area (Å²) in [4.78, 5) is 28.8. The monoisotopic (exact) mass is 453 g/mol. The van der Waals surface area contributed by atoms with Crippen molar-refractivity contribution in [2.24, 2.45) is 5.92 Å². The molecule has 2 amide bonds. The number of imide groups is 1. The van der Waals surface area contributed by atoms with Crippen LogP contribution in [0.15, 0.2) is 18.2 Å². The van der Waals surface area contributed by atoms with Gasteiger partial charge in [0, 0.05) is 12.5 Å². The van der Waals surface area contributed by atoms with Crippen LogP contribution < -0.4 is 15.0 Å². The average Bonchev–Trinajstić information content (AvgIpc) is 2.77. The predicted molar refractivity (Wildman–Crippen MR) is 130 cm³/mol. The lowest BCUT2D eigenvalue weighted by molar-refractivity contribution is -0.134. The van der Waals surface area contributed by atoms with Crippen LogP contribution in [0.5, 0.6) is 5.75 Å². The van der Waals surface area contributed by atoms with Crippen LogP contribution in [-0.4, -0.2) is 55.0 Å². The van der Waals surface area contributed by atoms with E-state index in [2.05, 4.69) is 40.2 Å². The van der Waals surface area contributed by atoms with E-state index in [4.69, 9.17) is 4.74 Å². The zero-order chi connectivity index (χ0) is 22.8. The summed E-state index contributed by atoms with van der Waals surface area (Å²) in [6, 6.07) is 6.88. The Bertz CT molecular complexity index is 856. The first kappa shape index (κ1) is 22.7. The third-order valence-corrected chi connectivity index (χ3v) is 8.51. The molecular weight excluding hydrogens is 414 g/mol. The molecule has 0 radical (unpaired) electrons. The van der Waals surface area contributed by atoms with Crippen LogP contribution in [-0.2, 0) is 9.59 Å². The molecule has 0 spiro atoms. The van der Waals surface area contributed by atoms with Gasteiger partial charge in [-0.05, 0) is 68.7 Å². The highest BCUT2D eigenvalue weighted by atomic mass is 16.5. The van der Waals surface area contributed by atoms with Gasteiger partial charge in [0.25, 0.3) is 0 Å². The lowest BCUT2D eigenvalue weighted by Crippen LogP contribution is -2.54. The number of nitrogens with zero attached hydrogens (tertiary/aromatic N) is 2. The minimum Gasteiger partial charge on any atom is -0.489 e. The summed E-state index contributed by atoms with van der Waals surface area (Å²) < 4.78 is 6.16. The van der Waals surface area contributed by atoms with Gasteiger partial charge in [-0.25, -0.2) is 0 Å². The molecule has 180 valence electrons. The van der Waals surface area contributed by atoms with Gasteiger partial charge in [-0.2, -0.15) is 0 Å². The van der Waals surface area contributed by atoms with Crippen molar-refractivity contribution in [3.63, 3.8) is 0 Å². The Morgan fingerprint density at radius 1 is 0.939 bits per heavy atom. The SMILES string of the molecule is C1CCC1.CC1CCC1N1CCC(c2cccc3c2OCCN3C2CCC(=O)NC2=O)CC1. The Morgan fingerprint density at radius 2 is 1.70 bits per heavy atom. The number of carbonyl (C=O) groups is 2. The van der Waals surface area contributed by atoms with Crippen molar-refractivity contribution in [2.45, 2.75) is 89.1 Å². The Balaban J connectivity index is 0.000000517. The molecule has 2 saturated heterocycles. The van der Waals surface area contributed by atoms with Crippen molar-refractivity contribution >= 4 is 17.5 Å². The number of carbonyl (C=O) groups excluding carboxylic acids is 2. The Kier molecular flexibility index (Phi) is 6.91. The molecule has 0 aromatic heterocycles. The molecule has 3 heterocycles. The summed E-state index contributed by atoms with van der Waals surface area (Å²) in [5, 5.41) is 2.50. The van der Waals surface area contributed by atoms with Gasteiger partial charge in [-0.3, -0.25) is 14.9 Å². The van der Waals surface area contributed by atoms with E-state index in [0.29, 0.717) is 31.9 Å². The van der Waals surface area contributed by atoms with Crippen molar-refractivity contribution in [3.8, 4) is 5.75 Å². The normalized spacial score (nSPS) is 30.1. The van der Waals surface area contributed by atoms with Crippen molar-refractivity contribution < 1.29 is 14.3 Å². The van der Waals surface area contributed by atoms with Gasteiger partial charge in [-0.15, -0.1) is 0 Å². The zero-order valence-electron chi connectivity index (χ0n) is 20.1. The molecule has 6 heteroatoms. The molecule has 1 aromatic carbocycles. The lowest BCUT2D eigenvalue weighted by atomic mass is 9.78. The highest BCUT2D eigenvalue weighted by Crippen LogP contribution is 2.44. The Hall–Kier alpha value is -2.08. The zero-order valence-corrected chi connectivity index (χ0v) is 20.1. The van der Waals surface area contributed by atoms with Crippen LogP contribution in [0.1, 0.15) is 82.6 Å². The van der Waals surface area contributed by atoms with Crippen LogP contribution in [0, 0.1) is 5.92 Å². The maximum atomic E-state index is 12.4. The van der Waals surface area contributed by atoms with Gasteiger partial charge in [0.2, 0.25) is 11.8 Å². The largest absolute Gasteiger partial charge is 0.489 e. The maximum absolute atomic E-state index is 12.4. The van der Waals surface area contributed by atoms with E-state index in [-0.39, 0.29) is 17.9 Å². The molecule has 3 unspecified atom stereocenters. The fraction of sp³-hybridized carbons (Fsp3) is 0.704. The van der Waals surface area contributed by atoms with E-state index in [1.807, 2.05) is 0 Å². The number of anilines is 1. The number of para-hydroxylation sites is 1. The Labute approximate surface area is 198 Å². The highest BCUT2D eigenvalue weighted by molar-refractivity contribution is 6.01. The van der Waals surface area contributed by atoms with Crippen LogP contribution >= 0.6 is 0 Å². The summed E-state index contributed by atoms with van der Waals surface area (Å²) in [7, 11) is 0. The van der Waals surface area contributed by atoms with E-state index in [1.54, 1.807) is 0 Å². The maximum Gasteiger partial charge on any atom is 0.249 e. The molecule has 3 aliphatic heterocycles. The molecule has 2 aliphatic carbocycles. The minimum absolute atomic E-state index is 0.166. The minimum atomic E-state index is -0.285. The molecular formula is C27H39N3O3. The molecule has 6 rings (SSSR count). The molecule has 1 aromatic rings. The third-order valence-electron chi connectivity index (χ3n) is 8.51. The van der Waals surface area contributed by atoms with Gasteiger partial charge >= 0.3 is 0 Å². The standard InChI is InChI=1S/C23H31N3O3.C4H8/c1-15-5-6-18(15)25-11-9-16(10-12-25)17-3-2-4-19-22(17)29-14-13-26(19)20-7-8-21(27)24-23(20)28;1-2-4-3-1/h2-4,15-16,18,20H,5-14H2,1H3,(H,24,27,28);1-4H2. The van der Waals surface area contributed by atoms with Gasteiger partial charge in [0.05, 0.1) is 12.2 Å². The molecule has 6 nitrogen and oxygen atoms in total. The van der Waals surface area contributed by atoms with Crippen molar-refractivity contribution in [1.82, 2.24) is 10.2 Å². The first-order valence-corrected chi connectivity index (χ1v) is 13.2. The van der Waals surface area contributed by atoms with Gasteiger partial charge in [0.15, 0.2) is 0 Å². The Morgan fingerprint density at radius 3 is 2.30 bits per heavy atom. The fourth-order valence-electron chi connectivity index (χ4n) is 5.90. The number of benzene rings is 1. The predicted octanol–water partition coefficient (Wildman–Crippen LogP) is 4.23. The first-order chi connectivity index (χ1) is 16.1. The number of hydrogen-bond acceptors (Lipinski definition) is 5. The summed E-state index contributed by atoms with van der Waals surface area (Å²) in [5.41, 5.74) is 2.30. The molecule has 4 fully saturated rings. The number of fused-ring (bicyclic) bond motifs is 1. The number of amides is 2. The molecule has 1 N–H and O–H groups in total. The second-order valence-corrected chi connectivity index (χ2v) is 10.6. The number of rotatable bonds is 3. The smallest absolute Gasteiger partial charge is 0.249 e. The second-order valence-electron chi connectivity index (χ2n) is 10.6. The number of likely N-dealkylation sites (tertiary alicyclic amines) is 1. The summed E-state index contributed by atoms with van der Waals surface area (Å²) in [6.07, 6.45) is 12.0. The van der Waals surface area contributed by atoms with Crippen LogP contribution in [0.3, 0.4) is 0 Å². The van der Waals surface area contributed by atoms with E-state index < -0.39 is 0 Å². The van der Waals surface area contributed by atoms with E-state index in [0.717, 1.165) is 23.4 Å². The van der Waals surface area contributed by atoms with Gasteiger partial charge in [0.1, 0.15) is 18.4 Å². The molecule has 3 atom stereocenters. The van der Waals surface area contributed by atoms with Crippen LogP contribution in [0.2, 0.25) is 0 Å². The molecule has 5 aliphatic rings. The van der Waals surface area contributed by atoms with Gasteiger partial charge < -0.3 is 14.5 Å². The second kappa shape index (κ2) is 10.0. The third kappa shape index (κ3) is 4.77. The number of ether oxygens (including phenoxy) is 1.